The maximum Gasteiger partial charge on any atom is 0.307 e. The number of hydrogen-bond donors (Lipinski definition) is 2. The Labute approximate surface area is 249 Å². The molecule has 0 aliphatic carbocycles. The van der Waals surface area contributed by atoms with E-state index in [-0.39, 0.29) is 6.42 Å². The van der Waals surface area contributed by atoms with Crippen molar-refractivity contribution >= 4 is 18.1 Å². The molecule has 2 N–H and O–H groups in total. The highest BCUT2D eigenvalue weighted by Crippen LogP contribution is 2.44. The highest BCUT2D eigenvalue weighted by Gasteiger charge is 2.29. The number of ether oxygens (including phenoxy) is 1. The van der Waals surface area contributed by atoms with Gasteiger partial charge in [0.2, 0.25) is 6.41 Å². The first-order valence-corrected chi connectivity index (χ1v) is 14.4. The number of nitrogens with zero attached hydrogens (tertiary/aromatic N) is 1. The number of carbonyl (C=O) groups excluding carboxylic acids is 1. The number of fused-ring (bicyclic) bond motifs is 2. The Morgan fingerprint density at radius 1 is 1.00 bits per heavy atom. The summed E-state index contributed by atoms with van der Waals surface area (Å²) in [6, 6.07) is 9.71. The zero-order valence-electron chi connectivity index (χ0n) is 26.2. The fraction of sp³-hybridized carbons (Fsp3) is 0.429. The van der Waals surface area contributed by atoms with Crippen LogP contribution in [0.3, 0.4) is 0 Å². The summed E-state index contributed by atoms with van der Waals surface area (Å²) in [7, 11) is 0. The minimum atomic E-state index is -0.936. The molecule has 42 heavy (non-hydrogen) atoms. The summed E-state index contributed by atoms with van der Waals surface area (Å²) >= 11 is 0. The number of aliphatic carboxylic acids is 1. The van der Waals surface area contributed by atoms with E-state index in [1.807, 2.05) is 19.9 Å². The van der Waals surface area contributed by atoms with Crippen molar-refractivity contribution in [3.8, 4) is 16.9 Å². The van der Waals surface area contributed by atoms with Crippen molar-refractivity contribution < 1.29 is 28.9 Å². The van der Waals surface area contributed by atoms with Crippen molar-refractivity contribution in [3.63, 3.8) is 0 Å². The molecule has 6 nitrogen and oxygen atoms in total. The molecule has 0 radical (unpaired) electrons. The molecule has 2 aliphatic rings. The molecule has 7 heteroatoms. The Morgan fingerprint density at radius 3 is 2.17 bits per heavy atom. The Morgan fingerprint density at radius 2 is 1.62 bits per heavy atom. The standard InChI is InChI=1S/C22H22FNO4.C9H12.C4H10O/c1-12-8-19-15(5-6-24(19)11-25)21(16(12)10-20(26)27)17-9-18(23)22-14(13(17)2)4-3-7-28-22;1-7-5-4-6-8(2)9(7)3;1-4(2,3)5/h8-9,11H,3-7,10H2,1-2H3,(H,26,27);4-6H,1-3H3;5H,1-3H3. The SMILES string of the molecule is CC(C)(C)O.Cc1cc2c(c(-c3cc(F)c4c(c3C)CCCO4)c1CC(=O)O)CCN2C=O.Cc1cccc(C)c1C. The number of benzene rings is 3. The number of halogens is 1. The molecule has 3 aromatic carbocycles. The second kappa shape index (κ2) is 13.5. The first-order chi connectivity index (χ1) is 19.6. The second-order valence-corrected chi connectivity index (χ2v) is 12.1. The van der Waals surface area contributed by atoms with E-state index in [1.54, 1.807) is 25.7 Å². The van der Waals surface area contributed by atoms with Crippen LogP contribution in [0.15, 0.2) is 30.3 Å². The zero-order chi connectivity index (χ0) is 31.4. The van der Waals surface area contributed by atoms with Crippen LogP contribution in [-0.4, -0.2) is 41.3 Å². The third-order valence-electron chi connectivity index (χ3n) is 7.69. The molecular weight excluding hydrogens is 533 g/mol. The summed E-state index contributed by atoms with van der Waals surface area (Å²) in [5, 5.41) is 18.0. The number of carboxylic acids is 1. The molecular formula is C35H44FNO5. The second-order valence-electron chi connectivity index (χ2n) is 12.1. The molecule has 2 aliphatic heterocycles. The summed E-state index contributed by atoms with van der Waals surface area (Å²) < 4.78 is 20.4. The van der Waals surface area contributed by atoms with Gasteiger partial charge in [-0.05, 0) is 137 Å². The maximum atomic E-state index is 14.9. The van der Waals surface area contributed by atoms with Crippen LogP contribution in [0.1, 0.15) is 71.7 Å². The number of carbonyl (C=O) groups is 2. The average molecular weight is 578 g/mol. The number of hydrogen-bond acceptors (Lipinski definition) is 4. The Kier molecular flexibility index (Phi) is 10.6. The average Bonchev–Trinajstić information content (AvgIpc) is 3.31. The van der Waals surface area contributed by atoms with E-state index in [0.29, 0.717) is 36.4 Å². The molecule has 5 rings (SSSR count). The number of rotatable bonds is 4. The van der Waals surface area contributed by atoms with Crippen LogP contribution in [-0.2, 0) is 28.9 Å². The van der Waals surface area contributed by atoms with Crippen LogP contribution in [0.2, 0.25) is 0 Å². The molecule has 0 aromatic heterocycles. The van der Waals surface area contributed by atoms with E-state index < -0.39 is 17.4 Å². The van der Waals surface area contributed by atoms with Crippen molar-refractivity contribution in [2.24, 2.45) is 0 Å². The number of carboxylic acid groups (broad SMARTS) is 1. The van der Waals surface area contributed by atoms with Gasteiger partial charge in [-0.25, -0.2) is 4.39 Å². The topological polar surface area (TPSA) is 87.1 Å². The van der Waals surface area contributed by atoms with Gasteiger partial charge < -0.3 is 19.8 Å². The van der Waals surface area contributed by atoms with Crippen molar-refractivity contribution in [2.45, 2.75) is 86.7 Å². The van der Waals surface area contributed by atoms with Gasteiger partial charge in [0, 0.05) is 17.8 Å². The number of aliphatic hydroxyl groups is 1. The first kappa shape index (κ1) is 32.8. The van der Waals surface area contributed by atoms with E-state index in [2.05, 4.69) is 39.0 Å². The van der Waals surface area contributed by atoms with E-state index in [4.69, 9.17) is 9.84 Å². The van der Waals surface area contributed by atoms with Crippen molar-refractivity contribution in [1.82, 2.24) is 0 Å². The molecule has 226 valence electrons. The van der Waals surface area contributed by atoms with Crippen LogP contribution < -0.4 is 9.64 Å². The number of amides is 1. The molecule has 0 fully saturated rings. The van der Waals surface area contributed by atoms with Crippen LogP contribution in [0.25, 0.3) is 11.1 Å². The van der Waals surface area contributed by atoms with Gasteiger partial charge in [-0.1, -0.05) is 18.2 Å². The predicted octanol–water partition coefficient (Wildman–Crippen LogP) is 6.97. The molecule has 1 amide bonds. The molecule has 0 spiro atoms. The summed E-state index contributed by atoms with van der Waals surface area (Å²) in [5.74, 6) is -1.04. The third kappa shape index (κ3) is 7.77. The van der Waals surface area contributed by atoms with Gasteiger partial charge in [-0.3, -0.25) is 9.59 Å². The van der Waals surface area contributed by atoms with Gasteiger partial charge in [-0.2, -0.15) is 0 Å². The Hall–Kier alpha value is -3.71. The summed E-state index contributed by atoms with van der Waals surface area (Å²) in [6.07, 6.45) is 2.81. The smallest absolute Gasteiger partial charge is 0.307 e. The highest BCUT2D eigenvalue weighted by atomic mass is 19.1. The number of anilines is 1. The van der Waals surface area contributed by atoms with Crippen LogP contribution in [0.5, 0.6) is 5.75 Å². The molecule has 0 saturated carbocycles. The third-order valence-corrected chi connectivity index (χ3v) is 7.69. The lowest BCUT2D eigenvalue weighted by molar-refractivity contribution is -0.136. The molecule has 0 bridgehead atoms. The van der Waals surface area contributed by atoms with E-state index in [1.165, 1.54) is 22.8 Å². The Balaban J connectivity index is 0.000000285. The van der Waals surface area contributed by atoms with Crippen LogP contribution in [0.4, 0.5) is 10.1 Å². The largest absolute Gasteiger partial charge is 0.490 e. The maximum absolute atomic E-state index is 14.9. The fourth-order valence-electron chi connectivity index (χ4n) is 5.38. The lowest BCUT2D eigenvalue weighted by Crippen LogP contribution is -2.17. The molecule has 3 aromatic rings. The van der Waals surface area contributed by atoms with E-state index in [0.717, 1.165) is 52.8 Å². The van der Waals surface area contributed by atoms with Crippen LogP contribution in [0, 0.1) is 40.4 Å². The predicted molar refractivity (Wildman–Crippen MR) is 166 cm³/mol. The van der Waals surface area contributed by atoms with Gasteiger partial charge in [0.25, 0.3) is 0 Å². The van der Waals surface area contributed by atoms with Gasteiger partial charge >= 0.3 is 5.97 Å². The molecule has 0 saturated heterocycles. The lowest BCUT2D eigenvalue weighted by Gasteiger charge is -2.25. The van der Waals surface area contributed by atoms with Crippen molar-refractivity contribution in [1.29, 1.82) is 0 Å². The quantitative estimate of drug-likeness (QED) is 0.327. The van der Waals surface area contributed by atoms with Gasteiger partial charge in [0.15, 0.2) is 11.6 Å². The minimum absolute atomic E-state index is 0.149. The highest BCUT2D eigenvalue weighted by molar-refractivity contribution is 5.90. The van der Waals surface area contributed by atoms with Gasteiger partial charge in [-0.15, -0.1) is 0 Å². The van der Waals surface area contributed by atoms with Crippen molar-refractivity contribution in [3.05, 3.63) is 80.7 Å². The van der Waals surface area contributed by atoms with E-state index in [9.17, 15) is 19.1 Å². The van der Waals surface area contributed by atoms with Crippen LogP contribution >= 0.6 is 0 Å². The van der Waals surface area contributed by atoms with E-state index >= 15 is 0 Å². The first-order valence-electron chi connectivity index (χ1n) is 14.4. The summed E-state index contributed by atoms with van der Waals surface area (Å²) in [6.45, 7) is 16.5. The summed E-state index contributed by atoms with van der Waals surface area (Å²) in [5.41, 5.74) is 10.1. The Bertz CT molecular complexity index is 1450. The fourth-order valence-corrected chi connectivity index (χ4v) is 5.38. The minimum Gasteiger partial charge on any atom is -0.490 e. The van der Waals surface area contributed by atoms with Crippen molar-refractivity contribution in [2.75, 3.05) is 18.1 Å². The molecule has 0 unspecified atom stereocenters. The van der Waals surface area contributed by atoms with Gasteiger partial charge in [0.05, 0.1) is 18.6 Å². The van der Waals surface area contributed by atoms with Gasteiger partial charge in [0.1, 0.15) is 0 Å². The normalized spacial score (nSPS) is 13.5. The monoisotopic (exact) mass is 577 g/mol. The molecule has 0 atom stereocenters. The molecule has 2 heterocycles. The zero-order valence-corrected chi connectivity index (χ0v) is 26.2. The number of aryl methyl sites for hydroxylation is 3. The lowest BCUT2D eigenvalue weighted by atomic mass is 9.84. The summed E-state index contributed by atoms with van der Waals surface area (Å²) in [4.78, 5) is 24.6.